The topological polar surface area (TPSA) is 96.2 Å². The Morgan fingerprint density at radius 3 is 2.39 bits per heavy atom. The van der Waals surface area contributed by atoms with Crippen LogP contribution in [0.2, 0.25) is 0 Å². The van der Waals surface area contributed by atoms with E-state index in [4.69, 9.17) is 14.6 Å². The summed E-state index contributed by atoms with van der Waals surface area (Å²) in [7, 11) is 1.51. The third-order valence-corrected chi connectivity index (χ3v) is 11.7. The summed E-state index contributed by atoms with van der Waals surface area (Å²) in [6, 6.07) is 6.18. The third-order valence-electron chi connectivity index (χ3n) is 11.7. The fourth-order valence-corrected chi connectivity index (χ4v) is 9.33. The van der Waals surface area contributed by atoms with Gasteiger partial charge in [0.1, 0.15) is 36.5 Å². The number of rotatable bonds is 7. The van der Waals surface area contributed by atoms with Gasteiger partial charge in [-0.25, -0.2) is 26.3 Å². The Kier molecular flexibility index (Phi) is 8.32. The van der Waals surface area contributed by atoms with Gasteiger partial charge in [-0.2, -0.15) is 9.97 Å². The van der Waals surface area contributed by atoms with E-state index in [0.717, 1.165) is 49.2 Å². The Balaban J connectivity index is 1.12. The van der Waals surface area contributed by atoms with Crippen LogP contribution in [-0.4, -0.2) is 69.6 Å². The van der Waals surface area contributed by atoms with Crippen molar-refractivity contribution in [3.8, 4) is 23.0 Å². The summed E-state index contributed by atoms with van der Waals surface area (Å²) >= 11 is 0. The summed E-state index contributed by atoms with van der Waals surface area (Å²) in [5, 5.41) is 14.9. The number of piperidine rings is 1. The molecule has 5 heterocycles. The number of hydrogen-bond donors (Lipinski definition) is 1. The number of pyridine rings is 1. The summed E-state index contributed by atoms with van der Waals surface area (Å²) in [4.78, 5) is 23.0. The molecule has 0 amide bonds. The van der Waals surface area contributed by atoms with Crippen LogP contribution in [0, 0.1) is 46.7 Å². The van der Waals surface area contributed by atoms with Crippen molar-refractivity contribution in [2.45, 2.75) is 50.1 Å². The van der Waals surface area contributed by atoms with Gasteiger partial charge in [-0.1, -0.05) is 11.2 Å². The zero-order chi connectivity index (χ0) is 37.5. The van der Waals surface area contributed by atoms with E-state index in [1.165, 1.54) is 25.4 Å². The summed E-state index contributed by atoms with van der Waals surface area (Å²) in [6.07, 6.45) is 5.84. The lowest BCUT2D eigenvalue weighted by molar-refractivity contribution is 0.0843. The summed E-state index contributed by atoms with van der Waals surface area (Å²) in [6.45, 7) is 1.73. The molecule has 4 aliphatic rings. The Hall–Kier alpha value is -5.18. The first-order valence-corrected chi connectivity index (χ1v) is 17.9. The van der Waals surface area contributed by atoms with E-state index in [2.05, 4.69) is 20.0 Å². The molecule has 4 atom stereocenters. The zero-order valence-corrected chi connectivity index (χ0v) is 29.1. The van der Waals surface area contributed by atoms with E-state index in [1.54, 1.807) is 0 Å². The highest BCUT2D eigenvalue weighted by Gasteiger charge is 2.50. The number of phenolic OH excluding ortho intramolecular Hbond substituents is 1. The third kappa shape index (κ3) is 5.49. The molecule has 3 aliphatic heterocycles. The molecule has 0 spiro atoms. The molecule has 280 valence electrons. The maximum absolute atomic E-state index is 16.9. The Morgan fingerprint density at radius 1 is 0.889 bits per heavy atom. The van der Waals surface area contributed by atoms with E-state index in [-0.39, 0.29) is 69.2 Å². The molecule has 5 aromatic rings. The van der Waals surface area contributed by atoms with Crippen LogP contribution in [0.3, 0.4) is 0 Å². The SMILES string of the molecule is CON=C1C2CCC1CN(c1nc(OCC34CCCN3C(c3cc(F)c(F)c(F)c3)CC4)nc3c(F)c(-c4cc(O)cc5ccc(F)c(F)c45)ncc13)C2. The smallest absolute Gasteiger partial charge is 0.319 e. The number of hydrogen-bond acceptors (Lipinski definition) is 9. The minimum Gasteiger partial charge on any atom is -0.508 e. The number of nitrogens with zero attached hydrogens (tertiary/aromatic N) is 6. The van der Waals surface area contributed by atoms with Crippen molar-refractivity contribution in [2.75, 3.05) is 38.3 Å². The van der Waals surface area contributed by atoms with Crippen molar-refractivity contribution in [1.82, 2.24) is 19.9 Å². The average Bonchev–Trinajstić information content (AvgIpc) is 3.79. The number of aromatic hydroxyl groups is 1. The first-order chi connectivity index (χ1) is 26.0. The lowest BCUT2D eigenvalue weighted by Crippen LogP contribution is -2.44. The number of oxime groups is 1. The predicted octanol–water partition coefficient (Wildman–Crippen LogP) is 7.98. The van der Waals surface area contributed by atoms with Crippen LogP contribution in [0.25, 0.3) is 32.9 Å². The fraction of sp³-hybridized carbons (Fsp3) is 0.385. The van der Waals surface area contributed by atoms with Gasteiger partial charge in [0.2, 0.25) is 0 Å². The second-order valence-corrected chi connectivity index (χ2v) is 14.7. The Bertz CT molecular complexity index is 2340. The molecule has 4 fully saturated rings. The maximum atomic E-state index is 16.9. The van der Waals surface area contributed by atoms with Gasteiger partial charge < -0.3 is 19.6 Å². The van der Waals surface area contributed by atoms with Crippen molar-refractivity contribution in [1.29, 1.82) is 0 Å². The molecular weight excluding hydrogens is 714 g/mol. The molecule has 3 saturated heterocycles. The molecular formula is C39H34F6N6O3. The molecule has 54 heavy (non-hydrogen) atoms. The van der Waals surface area contributed by atoms with Gasteiger partial charge in [-0.3, -0.25) is 9.88 Å². The number of fused-ring (bicyclic) bond motifs is 5. The van der Waals surface area contributed by atoms with Crippen LogP contribution in [0.1, 0.15) is 50.1 Å². The maximum Gasteiger partial charge on any atom is 0.319 e. The highest BCUT2D eigenvalue weighted by Crippen LogP contribution is 2.49. The molecule has 2 aromatic heterocycles. The number of aromatic nitrogens is 3. The summed E-state index contributed by atoms with van der Waals surface area (Å²) in [5.41, 5.74) is 0.0796. The Labute approximate surface area is 305 Å². The number of benzene rings is 3. The van der Waals surface area contributed by atoms with Gasteiger partial charge in [-0.05, 0) is 86.4 Å². The highest BCUT2D eigenvalue weighted by atomic mass is 19.2. The van der Waals surface area contributed by atoms with Gasteiger partial charge in [0.15, 0.2) is 34.9 Å². The van der Waals surface area contributed by atoms with E-state index in [0.29, 0.717) is 50.3 Å². The molecule has 3 aromatic carbocycles. The van der Waals surface area contributed by atoms with Gasteiger partial charge >= 0.3 is 6.01 Å². The van der Waals surface area contributed by atoms with Crippen LogP contribution in [0.15, 0.2) is 47.8 Å². The number of ether oxygens (including phenoxy) is 1. The van der Waals surface area contributed by atoms with E-state index in [1.807, 2.05) is 4.90 Å². The quantitative estimate of drug-likeness (QED) is 0.102. The predicted molar refractivity (Wildman–Crippen MR) is 187 cm³/mol. The van der Waals surface area contributed by atoms with Crippen LogP contribution < -0.4 is 9.64 Å². The van der Waals surface area contributed by atoms with Crippen LogP contribution in [-0.2, 0) is 4.84 Å². The minimum absolute atomic E-state index is 0.0780. The first-order valence-electron chi connectivity index (χ1n) is 17.9. The van der Waals surface area contributed by atoms with Crippen molar-refractivity contribution in [2.24, 2.45) is 17.0 Å². The van der Waals surface area contributed by atoms with Gasteiger partial charge in [0.25, 0.3) is 0 Å². The molecule has 1 aliphatic carbocycles. The molecule has 9 nitrogen and oxygen atoms in total. The van der Waals surface area contributed by atoms with Gasteiger partial charge in [-0.15, -0.1) is 0 Å². The lowest BCUT2D eigenvalue weighted by Gasteiger charge is -2.35. The monoisotopic (exact) mass is 748 g/mol. The molecule has 0 radical (unpaired) electrons. The largest absolute Gasteiger partial charge is 0.508 e. The second kappa shape index (κ2) is 13.0. The van der Waals surface area contributed by atoms with Crippen LogP contribution in [0.5, 0.6) is 11.8 Å². The normalized spacial score (nSPS) is 23.8. The molecule has 2 bridgehead atoms. The highest BCUT2D eigenvalue weighted by molar-refractivity contribution is 6.00. The number of phenols is 1. The Morgan fingerprint density at radius 2 is 1.65 bits per heavy atom. The fourth-order valence-electron chi connectivity index (χ4n) is 9.33. The molecule has 4 unspecified atom stereocenters. The molecule has 1 saturated carbocycles. The number of halogens is 6. The van der Waals surface area contributed by atoms with Crippen LogP contribution in [0.4, 0.5) is 32.2 Å². The molecule has 9 rings (SSSR count). The average molecular weight is 749 g/mol. The number of anilines is 1. The minimum atomic E-state index is -1.51. The van der Waals surface area contributed by atoms with E-state index >= 15 is 8.78 Å². The summed E-state index contributed by atoms with van der Waals surface area (Å²) < 4.78 is 95.4. The molecule has 1 N–H and O–H groups in total. The second-order valence-electron chi connectivity index (χ2n) is 14.7. The summed E-state index contributed by atoms with van der Waals surface area (Å²) in [5.74, 6) is -7.07. The molecule has 15 heteroatoms. The van der Waals surface area contributed by atoms with Crippen molar-refractivity contribution in [3.63, 3.8) is 0 Å². The van der Waals surface area contributed by atoms with Gasteiger partial charge in [0, 0.05) is 48.1 Å². The zero-order valence-electron chi connectivity index (χ0n) is 29.1. The van der Waals surface area contributed by atoms with Gasteiger partial charge in [0.05, 0.1) is 16.6 Å². The van der Waals surface area contributed by atoms with E-state index in [9.17, 15) is 22.7 Å². The first kappa shape index (κ1) is 34.6. The van der Waals surface area contributed by atoms with Crippen LogP contribution >= 0.6 is 0 Å². The lowest BCUT2D eigenvalue weighted by atomic mass is 9.95. The standard InChI is InChI=1S/C39H34F6N6O3/c1-53-49-34-20-3-4-21(34)17-50(16-20)37-25-15-46-35(24-14-23(52)11-19-5-6-26(40)32(44)30(19)24)33(45)36(25)47-38(48-37)54-18-39-8-2-10-51(39)29(7-9-39)22-12-27(41)31(43)28(42)13-22/h5-6,11-15,20-21,29,52H,2-4,7-10,16-18H2,1H3. The van der Waals surface area contributed by atoms with E-state index < -0.39 is 40.4 Å². The van der Waals surface area contributed by atoms with Crippen molar-refractivity contribution >= 4 is 33.2 Å². The van der Waals surface area contributed by atoms with Crippen molar-refractivity contribution < 1.29 is 41.0 Å². The van der Waals surface area contributed by atoms with Crippen molar-refractivity contribution in [3.05, 3.63) is 83.1 Å².